The van der Waals surface area contributed by atoms with Gasteiger partial charge in [-0.2, -0.15) is 5.10 Å². The van der Waals surface area contributed by atoms with Gasteiger partial charge in [-0.3, -0.25) is 29.2 Å². The molecule has 1 aromatic heterocycles. The Bertz CT molecular complexity index is 1410. The fraction of sp³-hybridized carbons (Fsp3) is 0.370. The SMILES string of the molecule is [C-]#[N+][C@@H]1C[C@@]2(CN1C(=O)[C@H](CC(C)C)N(C)C(=O)c1ccc3cn[nH]c3c1)C(=O)Nc1ccccc12. The topological polar surface area (TPSA) is 103 Å². The van der Waals surface area contributed by atoms with E-state index in [9.17, 15) is 14.4 Å². The quantitative estimate of drug-likeness (QED) is 0.542. The van der Waals surface area contributed by atoms with E-state index in [-0.39, 0.29) is 36.6 Å². The molecule has 0 radical (unpaired) electrons. The molecule has 2 aliphatic heterocycles. The van der Waals surface area contributed by atoms with E-state index in [1.807, 2.05) is 44.2 Å². The zero-order valence-electron chi connectivity index (χ0n) is 20.5. The molecule has 3 amide bonds. The molecule has 1 spiro atoms. The summed E-state index contributed by atoms with van der Waals surface area (Å²) in [4.78, 5) is 47.3. The molecule has 1 saturated heterocycles. The van der Waals surface area contributed by atoms with Crippen LogP contribution in [0.5, 0.6) is 0 Å². The highest BCUT2D eigenvalue weighted by molar-refractivity contribution is 6.07. The number of amides is 3. The van der Waals surface area contributed by atoms with Crippen molar-refractivity contribution < 1.29 is 14.4 Å². The number of aromatic nitrogens is 2. The van der Waals surface area contributed by atoms with Crippen LogP contribution in [0.25, 0.3) is 15.7 Å². The van der Waals surface area contributed by atoms with Gasteiger partial charge < -0.3 is 10.2 Å². The van der Waals surface area contributed by atoms with Crippen molar-refractivity contribution in [3.05, 3.63) is 71.2 Å². The van der Waals surface area contributed by atoms with Crippen LogP contribution in [0.2, 0.25) is 0 Å². The van der Waals surface area contributed by atoms with Gasteiger partial charge in [-0.25, -0.2) is 6.57 Å². The first-order valence-electron chi connectivity index (χ1n) is 12.0. The van der Waals surface area contributed by atoms with Crippen molar-refractivity contribution in [2.45, 2.75) is 44.3 Å². The fourth-order valence-corrected chi connectivity index (χ4v) is 5.43. The van der Waals surface area contributed by atoms with Crippen LogP contribution in [0.4, 0.5) is 5.69 Å². The number of nitrogens with one attached hydrogen (secondary N) is 2. The molecule has 184 valence electrons. The lowest BCUT2D eigenvalue weighted by Crippen LogP contribution is -2.51. The third-order valence-electron chi connectivity index (χ3n) is 7.35. The molecule has 0 aliphatic carbocycles. The monoisotopic (exact) mass is 484 g/mol. The summed E-state index contributed by atoms with van der Waals surface area (Å²) >= 11 is 0. The molecule has 0 saturated carbocycles. The number of fused-ring (bicyclic) bond motifs is 3. The number of carbonyl (C=O) groups is 3. The van der Waals surface area contributed by atoms with Crippen LogP contribution in [0.3, 0.4) is 0 Å². The zero-order chi connectivity index (χ0) is 25.6. The van der Waals surface area contributed by atoms with E-state index < -0.39 is 17.6 Å². The molecule has 0 unspecified atom stereocenters. The minimum Gasteiger partial charge on any atom is -0.330 e. The van der Waals surface area contributed by atoms with E-state index in [0.717, 1.165) is 22.2 Å². The van der Waals surface area contributed by atoms with Gasteiger partial charge in [0.05, 0.1) is 18.1 Å². The maximum Gasteiger partial charge on any atom is 0.302 e. The van der Waals surface area contributed by atoms with Crippen LogP contribution in [-0.2, 0) is 15.0 Å². The van der Waals surface area contributed by atoms with Crippen molar-refractivity contribution in [1.29, 1.82) is 0 Å². The Morgan fingerprint density at radius 3 is 2.81 bits per heavy atom. The number of H-pyrrole nitrogens is 1. The lowest BCUT2D eigenvalue weighted by atomic mass is 9.80. The van der Waals surface area contributed by atoms with Crippen LogP contribution < -0.4 is 5.32 Å². The molecule has 0 bridgehead atoms. The number of anilines is 1. The summed E-state index contributed by atoms with van der Waals surface area (Å²) in [7, 11) is 1.63. The average Bonchev–Trinajstić information content (AvgIpc) is 3.57. The summed E-state index contributed by atoms with van der Waals surface area (Å²) in [5, 5.41) is 10.7. The highest BCUT2D eigenvalue weighted by Crippen LogP contribution is 2.47. The number of benzene rings is 2. The third-order valence-corrected chi connectivity index (χ3v) is 7.35. The number of aromatic amines is 1. The van der Waals surface area contributed by atoms with Crippen molar-refractivity contribution in [2.24, 2.45) is 5.92 Å². The molecule has 2 N–H and O–H groups in total. The van der Waals surface area contributed by atoms with Crippen LogP contribution in [0.15, 0.2) is 48.7 Å². The van der Waals surface area contributed by atoms with E-state index in [0.29, 0.717) is 12.0 Å². The van der Waals surface area contributed by atoms with E-state index in [2.05, 4.69) is 20.4 Å². The first kappa shape index (κ1) is 23.5. The van der Waals surface area contributed by atoms with Gasteiger partial charge in [-0.1, -0.05) is 38.1 Å². The van der Waals surface area contributed by atoms with Crippen molar-refractivity contribution in [2.75, 3.05) is 18.9 Å². The maximum absolute atomic E-state index is 14.0. The second kappa shape index (κ2) is 8.79. The molecule has 1 fully saturated rings. The van der Waals surface area contributed by atoms with E-state index in [4.69, 9.17) is 6.57 Å². The number of carbonyl (C=O) groups excluding carboxylic acids is 3. The highest BCUT2D eigenvalue weighted by atomic mass is 16.2. The second-order valence-corrected chi connectivity index (χ2v) is 10.1. The van der Waals surface area contributed by atoms with Crippen LogP contribution in [-0.4, -0.2) is 63.5 Å². The molecule has 9 nitrogen and oxygen atoms in total. The predicted octanol–water partition coefficient (Wildman–Crippen LogP) is 3.42. The van der Waals surface area contributed by atoms with Gasteiger partial charge in [0.2, 0.25) is 5.91 Å². The van der Waals surface area contributed by atoms with E-state index in [1.165, 1.54) is 9.80 Å². The van der Waals surface area contributed by atoms with Gasteiger partial charge >= 0.3 is 6.17 Å². The van der Waals surface area contributed by atoms with Gasteiger partial charge in [0, 0.05) is 30.2 Å². The van der Waals surface area contributed by atoms with Crippen LogP contribution >= 0.6 is 0 Å². The van der Waals surface area contributed by atoms with Crippen molar-refractivity contribution in [1.82, 2.24) is 20.0 Å². The lowest BCUT2D eigenvalue weighted by molar-refractivity contribution is -0.136. The summed E-state index contributed by atoms with van der Waals surface area (Å²) < 4.78 is 0. The fourth-order valence-electron chi connectivity index (χ4n) is 5.43. The Balaban J connectivity index is 1.46. The van der Waals surface area contributed by atoms with Gasteiger partial charge in [-0.15, -0.1) is 0 Å². The molecule has 3 heterocycles. The predicted molar refractivity (Wildman–Crippen MR) is 135 cm³/mol. The summed E-state index contributed by atoms with van der Waals surface area (Å²) in [6.07, 6.45) is 1.57. The smallest absolute Gasteiger partial charge is 0.302 e. The van der Waals surface area contributed by atoms with Gasteiger partial charge in [0.15, 0.2) is 0 Å². The average molecular weight is 485 g/mol. The molecular formula is C27H28N6O3. The molecule has 2 aliphatic rings. The maximum atomic E-state index is 14.0. The molecule has 3 aromatic rings. The number of nitrogens with zero attached hydrogens (tertiary/aromatic N) is 4. The third kappa shape index (κ3) is 3.70. The number of rotatable bonds is 5. The first-order valence-corrected chi connectivity index (χ1v) is 12.0. The Morgan fingerprint density at radius 1 is 1.28 bits per heavy atom. The lowest BCUT2D eigenvalue weighted by Gasteiger charge is -2.32. The molecule has 9 heteroatoms. The van der Waals surface area contributed by atoms with Gasteiger partial charge in [0.25, 0.3) is 11.8 Å². The summed E-state index contributed by atoms with van der Waals surface area (Å²) in [5.74, 6) is -0.659. The Kier molecular flexibility index (Phi) is 5.75. The highest BCUT2D eigenvalue weighted by Gasteiger charge is 2.59. The summed E-state index contributed by atoms with van der Waals surface area (Å²) in [6.45, 7) is 11.9. The summed E-state index contributed by atoms with van der Waals surface area (Å²) in [5.41, 5.74) is 1.76. The van der Waals surface area contributed by atoms with E-state index >= 15 is 0 Å². The molecule has 5 rings (SSSR count). The normalized spacial score (nSPS) is 21.5. The number of hydrogen-bond acceptors (Lipinski definition) is 4. The van der Waals surface area contributed by atoms with Crippen molar-refractivity contribution in [3.63, 3.8) is 0 Å². The Labute approximate surface area is 209 Å². The Hall–Kier alpha value is -4.19. The largest absolute Gasteiger partial charge is 0.330 e. The van der Waals surface area contributed by atoms with E-state index in [1.54, 1.807) is 25.4 Å². The minimum atomic E-state index is -0.960. The minimum absolute atomic E-state index is 0.110. The van der Waals surface area contributed by atoms with Crippen molar-refractivity contribution in [3.8, 4) is 0 Å². The summed E-state index contributed by atoms with van der Waals surface area (Å²) in [6, 6.07) is 11.9. The Morgan fingerprint density at radius 2 is 2.06 bits per heavy atom. The molecular weight excluding hydrogens is 456 g/mol. The number of likely N-dealkylation sites (N-methyl/N-ethyl adjacent to an activating group) is 1. The van der Waals surface area contributed by atoms with Crippen LogP contribution in [0, 0.1) is 12.5 Å². The second-order valence-electron chi connectivity index (χ2n) is 10.1. The number of hydrogen-bond donors (Lipinski definition) is 2. The van der Waals surface area contributed by atoms with Gasteiger partial charge in [0.1, 0.15) is 11.5 Å². The number of para-hydroxylation sites is 1. The van der Waals surface area contributed by atoms with Crippen molar-refractivity contribution >= 4 is 34.3 Å². The molecule has 3 atom stereocenters. The molecule has 2 aromatic carbocycles. The van der Waals surface area contributed by atoms with Gasteiger partial charge in [-0.05, 0) is 36.1 Å². The number of likely N-dealkylation sites (tertiary alicyclic amines) is 1. The molecule has 36 heavy (non-hydrogen) atoms. The standard InChI is InChI=1S/C27H28N6O3/c1-16(2)11-22(32(4)24(34)17-9-10-18-14-29-31-21(18)12-17)25(35)33-15-27(13-23(33)28-3)19-7-5-6-8-20(19)30-26(27)36/h5-10,12,14,16,22-23H,11,13,15H2,1-2,4H3,(H,29,31)(H,30,36)/t22-,23-,27-/m0/s1. The van der Waals surface area contributed by atoms with Crippen LogP contribution in [0.1, 0.15) is 42.6 Å². The first-order chi connectivity index (χ1) is 17.2. The zero-order valence-corrected chi connectivity index (χ0v) is 20.5.